The summed E-state index contributed by atoms with van der Waals surface area (Å²) in [7, 11) is 0. The van der Waals surface area contributed by atoms with Gasteiger partial charge in [-0.2, -0.15) is 0 Å². The van der Waals surface area contributed by atoms with Gasteiger partial charge in [0.25, 0.3) is 0 Å². The summed E-state index contributed by atoms with van der Waals surface area (Å²) in [5.74, 6) is 0.930. The molecular formula is C145H95N5. The van der Waals surface area contributed by atoms with E-state index in [0.29, 0.717) is 0 Å². The maximum Gasteiger partial charge on any atom is 0.145 e. The highest BCUT2D eigenvalue weighted by molar-refractivity contribution is 6.26. The number of aromatic nitrogens is 4. The lowest BCUT2D eigenvalue weighted by molar-refractivity contribution is 0.743. The molecule has 0 fully saturated rings. The molecule has 3 aromatic heterocycles. The molecule has 0 bridgehead atoms. The van der Waals surface area contributed by atoms with E-state index in [4.69, 9.17) is 9.97 Å². The monoisotopic (exact) mass is 1910 g/mol. The Hall–Kier alpha value is -19.6. The van der Waals surface area contributed by atoms with E-state index in [1.165, 1.54) is 219 Å². The second kappa shape index (κ2) is 37.5. The number of anilines is 2. The maximum atomic E-state index is 5.25. The molecule has 1 unspecified atom stereocenters. The molecule has 0 radical (unpaired) electrons. The first-order chi connectivity index (χ1) is 74.4. The fourth-order valence-electron chi connectivity index (χ4n) is 23.7. The molecule has 29 aromatic rings. The van der Waals surface area contributed by atoms with E-state index in [-0.39, 0.29) is 6.04 Å². The van der Waals surface area contributed by atoms with Crippen LogP contribution in [0, 0.1) is 0 Å². The first-order valence-corrected chi connectivity index (χ1v) is 51.7. The molecule has 1 aliphatic rings. The third-order valence-electron chi connectivity index (χ3n) is 30.8. The van der Waals surface area contributed by atoms with E-state index < -0.39 is 0 Å². The van der Waals surface area contributed by atoms with Gasteiger partial charge in [-0.1, -0.05) is 437 Å². The quantitative estimate of drug-likeness (QED) is 0.108. The highest BCUT2D eigenvalue weighted by atomic mass is 15.2. The molecule has 0 spiro atoms. The van der Waals surface area contributed by atoms with E-state index in [1.54, 1.807) is 0 Å². The summed E-state index contributed by atoms with van der Waals surface area (Å²) in [5.41, 5.74) is 31.9. The molecule has 0 saturated carbocycles. The third kappa shape index (κ3) is 15.9. The predicted molar refractivity (Wildman–Crippen MR) is 635 cm³/mol. The van der Waals surface area contributed by atoms with E-state index in [1.807, 2.05) is 30.6 Å². The Balaban J connectivity index is 0.000000108. The van der Waals surface area contributed by atoms with Crippen molar-refractivity contribution in [3.63, 3.8) is 0 Å². The number of pyridine rings is 2. The largest absolute Gasteiger partial charge is 0.333 e. The summed E-state index contributed by atoms with van der Waals surface area (Å²) < 4.78 is 2.29. The van der Waals surface area contributed by atoms with E-state index in [0.717, 1.165) is 67.8 Å². The van der Waals surface area contributed by atoms with Crippen LogP contribution >= 0.6 is 0 Å². The van der Waals surface area contributed by atoms with Crippen LogP contribution in [0.15, 0.2) is 558 Å². The van der Waals surface area contributed by atoms with Crippen molar-refractivity contribution in [2.24, 2.45) is 0 Å². The highest BCUT2D eigenvalue weighted by Gasteiger charge is 2.33. The number of para-hydroxylation sites is 5. The van der Waals surface area contributed by atoms with E-state index in [9.17, 15) is 0 Å². The summed E-state index contributed by atoms with van der Waals surface area (Å²) in [6.07, 6.45) is 4.91. The Labute approximate surface area is 869 Å². The zero-order valence-corrected chi connectivity index (χ0v) is 82.1. The van der Waals surface area contributed by atoms with Crippen LogP contribution in [0.2, 0.25) is 0 Å². The first-order valence-electron chi connectivity index (χ1n) is 51.7. The normalized spacial score (nSPS) is 12.4. The Morgan fingerprint density at radius 2 is 0.513 bits per heavy atom. The van der Waals surface area contributed by atoms with E-state index in [2.05, 4.69) is 542 Å². The number of hydrogen-bond acceptors (Lipinski definition) is 4. The minimum Gasteiger partial charge on any atom is -0.333 e. The molecule has 30 rings (SSSR count). The molecule has 150 heavy (non-hydrogen) atoms. The van der Waals surface area contributed by atoms with Crippen LogP contribution in [-0.4, -0.2) is 19.5 Å². The van der Waals surface area contributed by atoms with Crippen LogP contribution in [-0.2, 0) is 6.42 Å². The molecule has 1 aliphatic heterocycles. The zero-order chi connectivity index (χ0) is 99.1. The Morgan fingerprint density at radius 3 is 0.973 bits per heavy atom. The van der Waals surface area contributed by atoms with Crippen LogP contribution in [0.5, 0.6) is 0 Å². The number of fused-ring (bicyclic) bond motifs is 14. The summed E-state index contributed by atoms with van der Waals surface area (Å²) in [4.78, 5) is 17.4. The summed E-state index contributed by atoms with van der Waals surface area (Å²) in [6, 6.07) is 199. The lowest BCUT2D eigenvalue weighted by Gasteiger charge is -2.28. The average Bonchev–Trinajstić information content (AvgIpc) is 0.925. The van der Waals surface area contributed by atoms with Gasteiger partial charge in [-0.3, -0.25) is 14.5 Å². The van der Waals surface area contributed by atoms with Gasteiger partial charge in [0.1, 0.15) is 5.82 Å². The van der Waals surface area contributed by atoms with Gasteiger partial charge in [0.05, 0.1) is 28.3 Å². The minimum atomic E-state index is 0.269. The van der Waals surface area contributed by atoms with Gasteiger partial charge in [0.2, 0.25) is 0 Å². The van der Waals surface area contributed by atoms with Crippen LogP contribution in [0.4, 0.5) is 11.4 Å². The Bertz CT molecular complexity index is 10400. The van der Waals surface area contributed by atoms with Crippen molar-refractivity contribution in [2.75, 3.05) is 4.90 Å². The summed E-state index contributed by atoms with van der Waals surface area (Å²) in [5, 5.41) is 28.5. The summed E-state index contributed by atoms with van der Waals surface area (Å²) >= 11 is 0. The molecule has 0 saturated heterocycles. The molecule has 1 atom stereocenters. The Kier molecular flexibility index (Phi) is 22.1. The summed E-state index contributed by atoms with van der Waals surface area (Å²) in [6.45, 7) is 0. The van der Waals surface area contributed by atoms with Crippen molar-refractivity contribution >= 4 is 152 Å². The molecule has 26 aromatic carbocycles. The lowest BCUT2D eigenvalue weighted by Crippen LogP contribution is -2.19. The zero-order valence-electron chi connectivity index (χ0n) is 82.1. The van der Waals surface area contributed by atoms with Gasteiger partial charge < -0.3 is 4.90 Å². The minimum absolute atomic E-state index is 0.269. The number of hydrogen-bond donors (Lipinski definition) is 0. The molecule has 0 N–H and O–H groups in total. The lowest BCUT2D eigenvalue weighted by atomic mass is 9.84. The molecule has 700 valence electrons. The highest BCUT2D eigenvalue weighted by Crippen LogP contribution is 2.53. The van der Waals surface area contributed by atoms with Gasteiger partial charge in [0.15, 0.2) is 0 Å². The van der Waals surface area contributed by atoms with Crippen LogP contribution in [0.3, 0.4) is 0 Å². The third-order valence-corrected chi connectivity index (χ3v) is 30.8. The van der Waals surface area contributed by atoms with Crippen molar-refractivity contribution in [3.8, 4) is 117 Å². The average molecular weight is 1910 g/mol. The second-order valence-electron chi connectivity index (χ2n) is 39.5. The van der Waals surface area contributed by atoms with Crippen LogP contribution < -0.4 is 4.90 Å². The first kappa shape index (κ1) is 88.1. The van der Waals surface area contributed by atoms with Gasteiger partial charge in [0, 0.05) is 51.5 Å². The maximum absolute atomic E-state index is 5.25. The number of rotatable bonds is 13. The van der Waals surface area contributed by atoms with Crippen molar-refractivity contribution in [3.05, 3.63) is 569 Å². The smallest absolute Gasteiger partial charge is 0.145 e. The van der Waals surface area contributed by atoms with E-state index >= 15 is 0 Å². The SMILES string of the molecule is c1ccc(-c2c3ccccc3c(-c3ccc4ccccc4c3)c3ccc(-c4ccc(N5c6ccccc6CC5c5ccccc5)cc4)cc23)cc1.c1ccc(-n2c(-c3ccc4c(-c5ccc6ccccc6c5)c5ccccc5c(-c5ccc6ccccc6c5)c4c3)nc3ccccc32)cc1.c1ccc2cc(-c3c4ccccc4c(-c4ccc5ccccc5c4)c4cc(-c5ccc(-c6cnc7ccccc7c6)nc5)ccc34)ccc2c1. The number of imidazole rings is 1. The Morgan fingerprint density at radius 1 is 0.187 bits per heavy atom. The molecule has 4 heterocycles. The van der Waals surface area contributed by atoms with Crippen LogP contribution in [0.1, 0.15) is 17.2 Å². The second-order valence-corrected chi connectivity index (χ2v) is 39.5. The topological polar surface area (TPSA) is 46.8 Å². The van der Waals surface area contributed by atoms with Gasteiger partial charge in [-0.05, 0) is 329 Å². The van der Waals surface area contributed by atoms with Crippen molar-refractivity contribution in [1.82, 2.24) is 19.5 Å². The van der Waals surface area contributed by atoms with Crippen molar-refractivity contribution < 1.29 is 0 Å². The van der Waals surface area contributed by atoms with Gasteiger partial charge in [-0.15, -0.1) is 0 Å². The standard InChI is InChI=1S/C50H35N.C48H30N2.C47H30N2/c1-3-14-36(15-4-1)48-33-40-19-9-12-22-47(40)51(48)42-28-25-35(26-29-42)39-27-30-45-46(32-39)49(37-16-5-2-6-17-37)43-20-10-11-21-44(43)50(45)41-24-23-34-13-7-8-18-38(34)31-41;1-3-11-33-25-37(19-17-31(33)9-1)47-41-14-6-7-15-42(41)48(38-20-18-32-10-2-4-12-34(32)26-38)44-28-35(21-23-43(44)47)39-22-24-46(49-29-39)40-27-36-13-5-8-16-45(36)50-30-40;1-2-16-38(17-3-1)49-44-21-11-10-20-43(44)48-47(49)37-26-27-41-42(30-37)46(36-25-23-32-13-5-7-15-34(32)29-36)40-19-9-8-18-39(40)45(41)35-24-22-31-12-4-6-14-33(31)28-35/h1-32,48H,33H2;1-30H;1-30H. The van der Waals surface area contributed by atoms with Crippen LogP contribution in [0.25, 0.3) is 258 Å². The number of benzene rings is 26. The van der Waals surface area contributed by atoms with Gasteiger partial charge >= 0.3 is 0 Å². The molecule has 0 aliphatic carbocycles. The number of nitrogens with zero attached hydrogens (tertiary/aromatic N) is 5. The fourth-order valence-corrected chi connectivity index (χ4v) is 23.7. The van der Waals surface area contributed by atoms with Gasteiger partial charge in [-0.25, -0.2) is 4.98 Å². The fraction of sp³-hybridized carbons (Fsp3) is 0.0138. The predicted octanol–water partition coefficient (Wildman–Crippen LogP) is 39.1. The molecular weight excluding hydrogens is 1810 g/mol. The molecule has 0 amide bonds. The molecule has 5 heteroatoms. The molecule has 5 nitrogen and oxygen atoms in total. The van der Waals surface area contributed by atoms with Crippen molar-refractivity contribution in [2.45, 2.75) is 12.5 Å². The van der Waals surface area contributed by atoms with Crippen molar-refractivity contribution in [1.29, 1.82) is 0 Å².